The molecule has 0 aromatic rings. The Morgan fingerprint density at radius 3 is 1.33 bits per heavy atom. The van der Waals surface area contributed by atoms with Gasteiger partial charge in [0.25, 0.3) is 0 Å². The van der Waals surface area contributed by atoms with E-state index in [0.29, 0.717) is 0 Å². The van der Waals surface area contributed by atoms with E-state index in [2.05, 4.69) is 20.4 Å². The highest BCUT2D eigenvalue weighted by Gasteiger charge is 2.35. The van der Waals surface area contributed by atoms with Crippen LogP contribution in [0.5, 0.6) is 0 Å². The van der Waals surface area contributed by atoms with Crippen molar-refractivity contribution in [3.05, 3.63) is 0 Å². The molecule has 0 atom stereocenters. The first kappa shape index (κ1) is 14.5. The highest BCUT2D eigenvalue weighted by molar-refractivity contribution is 6.42. The van der Waals surface area contributed by atoms with Gasteiger partial charge < -0.3 is 8.85 Å². The molecule has 2 aliphatic rings. The SMILES string of the molecule is C[Si](OC1(C)CCCCC1)OC1(C)CCCCC1. The zero-order valence-corrected chi connectivity index (χ0v) is 13.4. The van der Waals surface area contributed by atoms with Crippen molar-refractivity contribution in [1.82, 2.24) is 0 Å². The Labute approximate surface area is 114 Å². The summed E-state index contributed by atoms with van der Waals surface area (Å²) in [5.74, 6) is 0. The van der Waals surface area contributed by atoms with Crippen LogP contribution in [0.3, 0.4) is 0 Å². The molecule has 18 heavy (non-hydrogen) atoms. The first-order valence-electron chi connectivity index (χ1n) is 7.73. The lowest BCUT2D eigenvalue weighted by molar-refractivity contribution is -0.0270. The lowest BCUT2D eigenvalue weighted by Crippen LogP contribution is -2.43. The van der Waals surface area contributed by atoms with Crippen LogP contribution >= 0.6 is 0 Å². The van der Waals surface area contributed by atoms with Crippen molar-refractivity contribution < 1.29 is 8.85 Å². The van der Waals surface area contributed by atoms with E-state index >= 15 is 0 Å². The summed E-state index contributed by atoms with van der Waals surface area (Å²) in [5, 5.41) is 0. The molecule has 0 heterocycles. The molecule has 0 aromatic heterocycles. The van der Waals surface area contributed by atoms with Gasteiger partial charge in [0.2, 0.25) is 0 Å². The van der Waals surface area contributed by atoms with Crippen LogP contribution in [0, 0.1) is 0 Å². The monoisotopic (exact) mass is 269 g/mol. The van der Waals surface area contributed by atoms with Gasteiger partial charge in [0, 0.05) is 0 Å². The maximum atomic E-state index is 6.33. The lowest BCUT2D eigenvalue weighted by atomic mass is 9.87. The predicted octanol–water partition coefficient (Wildman–Crippen LogP) is 4.58. The number of rotatable bonds is 4. The normalized spacial score (nSPS) is 27.3. The first-order chi connectivity index (χ1) is 8.52. The van der Waals surface area contributed by atoms with E-state index in [0.717, 1.165) is 0 Å². The van der Waals surface area contributed by atoms with E-state index in [-0.39, 0.29) is 11.2 Å². The van der Waals surface area contributed by atoms with Crippen LogP contribution in [-0.2, 0) is 8.85 Å². The third kappa shape index (κ3) is 4.07. The maximum absolute atomic E-state index is 6.33. The first-order valence-corrected chi connectivity index (χ1v) is 9.55. The third-order valence-corrected chi connectivity index (χ3v) is 6.16. The topological polar surface area (TPSA) is 18.5 Å². The van der Waals surface area contributed by atoms with Crippen LogP contribution in [0.4, 0.5) is 0 Å². The van der Waals surface area contributed by atoms with Crippen LogP contribution in [0.2, 0.25) is 6.55 Å². The van der Waals surface area contributed by atoms with Gasteiger partial charge in [-0.2, -0.15) is 0 Å². The van der Waals surface area contributed by atoms with Crippen molar-refractivity contribution >= 4 is 9.28 Å². The Bertz CT molecular complexity index is 229. The van der Waals surface area contributed by atoms with E-state index in [1.807, 2.05) is 0 Å². The van der Waals surface area contributed by atoms with E-state index in [1.165, 1.54) is 64.2 Å². The summed E-state index contributed by atoms with van der Waals surface area (Å²) >= 11 is 0. The van der Waals surface area contributed by atoms with Gasteiger partial charge in [-0.15, -0.1) is 0 Å². The fourth-order valence-electron chi connectivity index (χ4n) is 3.52. The van der Waals surface area contributed by atoms with Crippen LogP contribution < -0.4 is 0 Å². The largest absolute Gasteiger partial charge is 0.388 e. The Morgan fingerprint density at radius 2 is 1.00 bits per heavy atom. The van der Waals surface area contributed by atoms with Crippen molar-refractivity contribution in [2.45, 2.75) is 95.8 Å². The van der Waals surface area contributed by atoms with Crippen molar-refractivity contribution in [2.24, 2.45) is 0 Å². The fraction of sp³-hybridized carbons (Fsp3) is 1.00. The molecule has 0 spiro atoms. The minimum absolute atomic E-state index is 0.103. The van der Waals surface area contributed by atoms with Gasteiger partial charge in [0.15, 0.2) is 0 Å². The molecule has 0 bridgehead atoms. The highest BCUT2D eigenvalue weighted by Crippen LogP contribution is 2.35. The molecule has 2 saturated carbocycles. The summed E-state index contributed by atoms with van der Waals surface area (Å²) in [5.41, 5.74) is 0.207. The van der Waals surface area contributed by atoms with E-state index < -0.39 is 9.28 Å². The second-order valence-corrected chi connectivity index (χ2v) is 8.11. The maximum Gasteiger partial charge on any atom is 0.382 e. The second kappa shape index (κ2) is 6.06. The molecule has 0 aromatic carbocycles. The van der Waals surface area contributed by atoms with Gasteiger partial charge >= 0.3 is 9.28 Å². The van der Waals surface area contributed by atoms with Crippen molar-refractivity contribution in [3.63, 3.8) is 0 Å². The number of hydrogen-bond acceptors (Lipinski definition) is 2. The summed E-state index contributed by atoms with van der Waals surface area (Å²) in [6, 6.07) is 0. The molecule has 1 radical (unpaired) electrons. The number of hydrogen-bond donors (Lipinski definition) is 0. The van der Waals surface area contributed by atoms with Gasteiger partial charge in [-0.1, -0.05) is 38.5 Å². The standard InChI is InChI=1S/C15H29O2Si/c1-14(10-6-4-7-11-14)16-18(3)17-15(2)12-8-5-9-13-15/h4-13H2,1-3H3. The van der Waals surface area contributed by atoms with Crippen LogP contribution in [0.1, 0.15) is 78.1 Å². The highest BCUT2D eigenvalue weighted by atomic mass is 28.3. The van der Waals surface area contributed by atoms with Crippen LogP contribution in [-0.4, -0.2) is 20.5 Å². The molecule has 0 amide bonds. The Hall–Kier alpha value is 0.137. The Morgan fingerprint density at radius 1 is 0.667 bits per heavy atom. The molecule has 2 aliphatic carbocycles. The molecule has 2 fully saturated rings. The van der Waals surface area contributed by atoms with Crippen LogP contribution in [0.15, 0.2) is 0 Å². The quantitative estimate of drug-likeness (QED) is 0.695. The smallest absolute Gasteiger partial charge is 0.382 e. The average Bonchev–Trinajstić information content (AvgIpc) is 2.29. The summed E-state index contributed by atoms with van der Waals surface area (Å²) in [7, 11) is -1.10. The summed E-state index contributed by atoms with van der Waals surface area (Å²) in [6.07, 6.45) is 12.9. The average molecular weight is 269 g/mol. The Balaban J connectivity index is 1.81. The van der Waals surface area contributed by atoms with Gasteiger partial charge in [0.1, 0.15) is 0 Å². The summed E-state index contributed by atoms with van der Waals surface area (Å²) < 4.78 is 12.7. The van der Waals surface area contributed by atoms with Crippen molar-refractivity contribution in [3.8, 4) is 0 Å². The van der Waals surface area contributed by atoms with E-state index in [4.69, 9.17) is 8.85 Å². The molecule has 0 N–H and O–H groups in total. The molecule has 0 aliphatic heterocycles. The lowest BCUT2D eigenvalue weighted by Gasteiger charge is -2.40. The molecule has 2 nitrogen and oxygen atoms in total. The van der Waals surface area contributed by atoms with Crippen LogP contribution in [0.25, 0.3) is 0 Å². The third-order valence-electron chi connectivity index (χ3n) is 4.60. The molecule has 0 unspecified atom stereocenters. The second-order valence-electron chi connectivity index (χ2n) is 6.72. The van der Waals surface area contributed by atoms with Gasteiger partial charge in [0.05, 0.1) is 11.2 Å². The molecule has 105 valence electrons. The van der Waals surface area contributed by atoms with Gasteiger partial charge in [-0.25, -0.2) is 0 Å². The zero-order chi connectivity index (χ0) is 13.1. The summed E-state index contributed by atoms with van der Waals surface area (Å²) in [4.78, 5) is 0. The van der Waals surface area contributed by atoms with E-state index in [1.54, 1.807) is 0 Å². The molecular weight excluding hydrogens is 240 g/mol. The molecule has 3 heteroatoms. The minimum atomic E-state index is -1.10. The summed E-state index contributed by atoms with van der Waals surface area (Å²) in [6.45, 7) is 6.75. The fourth-order valence-corrected chi connectivity index (χ4v) is 5.36. The molecule has 2 rings (SSSR count). The molecule has 0 saturated heterocycles. The van der Waals surface area contributed by atoms with Crippen molar-refractivity contribution in [1.29, 1.82) is 0 Å². The van der Waals surface area contributed by atoms with E-state index in [9.17, 15) is 0 Å². The van der Waals surface area contributed by atoms with Crippen molar-refractivity contribution in [2.75, 3.05) is 0 Å². The van der Waals surface area contributed by atoms with Gasteiger partial charge in [-0.05, 0) is 46.1 Å². The zero-order valence-electron chi connectivity index (χ0n) is 12.4. The molecular formula is C15H29O2Si. The van der Waals surface area contributed by atoms with Gasteiger partial charge in [-0.3, -0.25) is 0 Å². The Kier molecular flexibility index (Phi) is 4.90. The minimum Gasteiger partial charge on any atom is -0.388 e. The predicted molar refractivity (Wildman–Crippen MR) is 76.8 cm³/mol.